The second-order valence-corrected chi connectivity index (χ2v) is 3.05. The number of nitrogens with zero attached hydrogens (tertiary/aromatic N) is 1. The molecule has 1 amide bonds. The Labute approximate surface area is 88.9 Å². The van der Waals surface area contributed by atoms with Crippen molar-refractivity contribution >= 4 is 17.5 Å². The van der Waals surface area contributed by atoms with E-state index in [-0.39, 0.29) is 0 Å². The van der Waals surface area contributed by atoms with Crippen molar-refractivity contribution in [3.05, 3.63) is 30.3 Å². The standard InChI is InChI=1S/C11H14N2O2/c1-3-9(2)13-15-11(14)12-10-7-5-4-6-8-10/h4-8H,3H2,1-2H3,(H,12,14)/b13-9+. The zero-order valence-corrected chi connectivity index (χ0v) is 8.86. The second kappa shape index (κ2) is 5.80. The molecule has 80 valence electrons. The summed E-state index contributed by atoms with van der Waals surface area (Å²) in [5, 5.41) is 6.20. The van der Waals surface area contributed by atoms with Crippen molar-refractivity contribution in [1.29, 1.82) is 0 Å². The lowest BCUT2D eigenvalue weighted by Crippen LogP contribution is -2.11. The van der Waals surface area contributed by atoms with Crippen molar-refractivity contribution in [1.82, 2.24) is 0 Å². The van der Waals surface area contributed by atoms with Crippen LogP contribution >= 0.6 is 0 Å². The van der Waals surface area contributed by atoms with Crippen molar-refractivity contribution in [3.63, 3.8) is 0 Å². The van der Waals surface area contributed by atoms with Crippen LogP contribution in [0.25, 0.3) is 0 Å². The van der Waals surface area contributed by atoms with Gasteiger partial charge in [0.2, 0.25) is 0 Å². The number of carbonyl (C=O) groups excluding carboxylic acids is 1. The van der Waals surface area contributed by atoms with E-state index in [9.17, 15) is 4.79 Å². The van der Waals surface area contributed by atoms with Crippen molar-refractivity contribution in [2.75, 3.05) is 5.32 Å². The van der Waals surface area contributed by atoms with E-state index in [1.807, 2.05) is 25.1 Å². The number of nitrogens with one attached hydrogen (secondary N) is 1. The molecule has 1 N–H and O–H groups in total. The summed E-state index contributed by atoms with van der Waals surface area (Å²) in [6.45, 7) is 3.74. The van der Waals surface area contributed by atoms with Gasteiger partial charge in [0.1, 0.15) is 0 Å². The number of para-hydroxylation sites is 1. The van der Waals surface area contributed by atoms with Gasteiger partial charge in [0.05, 0.1) is 5.71 Å². The normalized spacial score (nSPS) is 10.9. The van der Waals surface area contributed by atoms with E-state index < -0.39 is 6.09 Å². The number of benzene rings is 1. The molecule has 0 atom stereocenters. The number of oxime groups is 1. The highest BCUT2D eigenvalue weighted by molar-refractivity contribution is 5.86. The van der Waals surface area contributed by atoms with Gasteiger partial charge in [-0.15, -0.1) is 0 Å². The van der Waals surface area contributed by atoms with Crippen LogP contribution in [-0.2, 0) is 4.84 Å². The van der Waals surface area contributed by atoms with Crippen LogP contribution in [0.2, 0.25) is 0 Å². The third-order valence-electron chi connectivity index (χ3n) is 1.82. The van der Waals surface area contributed by atoms with Gasteiger partial charge < -0.3 is 0 Å². The molecule has 0 aliphatic heterocycles. The molecule has 0 heterocycles. The number of hydrogen-bond donors (Lipinski definition) is 1. The smallest absolute Gasteiger partial charge is 0.298 e. The van der Waals surface area contributed by atoms with E-state index >= 15 is 0 Å². The van der Waals surface area contributed by atoms with Gasteiger partial charge in [0.15, 0.2) is 0 Å². The van der Waals surface area contributed by atoms with Crippen LogP contribution in [0.4, 0.5) is 10.5 Å². The monoisotopic (exact) mass is 206 g/mol. The first-order valence-electron chi connectivity index (χ1n) is 4.79. The molecular weight excluding hydrogens is 192 g/mol. The molecule has 1 aromatic rings. The third kappa shape index (κ3) is 4.26. The summed E-state index contributed by atoms with van der Waals surface area (Å²) in [4.78, 5) is 15.8. The molecule has 0 unspecified atom stereocenters. The lowest BCUT2D eigenvalue weighted by molar-refractivity contribution is 0.166. The Balaban J connectivity index is 2.44. The fraction of sp³-hybridized carbons (Fsp3) is 0.273. The van der Waals surface area contributed by atoms with Crippen LogP contribution in [0.15, 0.2) is 35.5 Å². The van der Waals surface area contributed by atoms with Gasteiger partial charge in [-0.3, -0.25) is 10.2 Å². The molecule has 0 aliphatic carbocycles. The Bertz CT molecular complexity index is 347. The summed E-state index contributed by atoms with van der Waals surface area (Å²) in [6, 6.07) is 9.08. The first-order chi connectivity index (χ1) is 7.22. The van der Waals surface area contributed by atoms with E-state index in [0.717, 1.165) is 12.1 Å². The average molecular weight is 206 g/mol. The van der Waals surface area contributed by atoms with Crippen molar-refractivity contribution in [2.24, 2.45) is 5.16 Å². The third-order valence-corrected chi connectivity index (χ3v) is 1.82. The minimum absolute atomic E-state index is 0.575. The Hall–Kier alpha value is -1.84. The van der Waals surface area contributed by atoms with E-state index in [0.29, 0.717) is 5.69 Å². The van der Waals surface area contributed by atoms with Crippen LogP contribution in [0.1, 0.15) is 20.3 Å². The minimum Gasteiger partial charge on any atom is -0.298 e. The molecule has 4 heteroatoms. The summed E-state index contributed by atoms with van der Waals surface area (Å²) >= 11 is 0. The molecule has 0 saturated heterocycles. The average Bonchev–Trinajstić information content (AvgIpc) is 2.27. The van der Waals surface area contributed by atoms with E-state index in [4.69, 9.17) is 0 Å². The van der Waals surface area contributed by atoms with Crippen LogP contribution in [-0.4, -0.2) is 11.8 Å². The van der Waals surface area contributed by atoms with Gasteiger partial charge in [-0.2, -0.15) is 0 Å². The first kappa shape index (κ1) is 11.2. The molecule has 1 aromatic carbocycles. The molecular formula is C11H14N2O2. The Morgan fingerprint density at radius 1 is 1.40 bits per heavy atom. The van der Waals surface area contributed by atoms with Gasteiger partial charge in [-0.25, -0.2) is 4.79 Å². The number of carbonyl (C=O) groups is 1. The number of amides is 1. The summed E-state index contributed by atoms with van der Waals surface area (Å²) in [7, 11) is 0. The molecule has 0 fully saturated rings. The minimum atomic E-state index is -0.575. The maximum absolute atomic E-state index is 11.2. The highest BCUT2D eigenvalue weighted by Gasteiger charge is 2.01. The Morgan fingerprint density at radius 2 is 2.07 bits per heavy atom. The van der Waals surface area contributed by atoms with Gasteiger partial charge in [-0.1, -0.05) is 30.3 Å². The number of anilines is 1. The molecule has 0 aromatic heterocycles. The van der Waals surface area contributed by atoms with E-state index in [1.165, 1.54) is 0 Å². The number of rotatable bonds is 3. The van der Waals surface area contributed by atoms with Crippen LogP contribution < -0.4 is 5.32 Å². The molecule has 0 aliphatic rings. The van der Waals surface area contributed by atoms with Gasteiger partial charge in [0.25, 0.3) is 0 Å². The lowest BCUT2D eigenvalue weighted by atomic mass is 10.3. The van der Waals surface area contributed by atoms with Crippen molar-refractivity contribution in [2.45, 2.75) is 20.3 Å². The predicted molar refractivity (Wildman–Crippen MR) is 59.9 cm³/mol. The quantitative estimate of drug-likeness (QED) is 0.469. The van der Waals surface area contributed by atoms with Crippen LogP contribution in [0, 0.1) is 0 Å². The highest BCUT2D eigenvalue weighted by atomic mass is 16.7. The molecule has 0 radical (unpaired) electrons. The zero-order chi connectivity index (χ0) is 11.1. The predicted octanol–water partition coefficient (Wildman–Crippen LogP) is 3.02. The maximum atomic E-state index is 11.2. The van der Waals surface area contributed by atoms with Gasteiger partial charge in [0, 0.05) is 5.69 Å². The van der Waals surface area contributed by atoms with Crippen molar-refractivity contribution in [3.8, 4) is 0 Å². The van der Waals surface area contributed by atoms with Crippen LogP contribution in [0.5, 0.6) is 0 Å². The summed E-state index contributed by atoms with van der Waals surface area (Å²) in [6.07, 6.45) is 0.188. The van der Waals surface area contributed by atoms with E-state index in [2.05, 4.69) is 15.3 Å². The highest BCUT2D eigenvalue weighted by Crippen LogP contribution is 2.05. The SMILES string of the molecule is CC/C(C)=N/OC(=O)Nc1ccccc1. The van der Waals surface area contributed by atoms with Gasteiger partial charge >= 0.3 is 6.09 Å². The summed E-state index contributed by atoms with van der Waals surface area (Å²) in [5.74, 6) is 0. The fourth-order valence-electron chi connectivity index (χ4n) is 0.846. The van der Waals surface area contributed by atoms with Crippen LogP contribution in [0.3, 0.4) is 0 Å². The molecule has 0 saturated carbocycles. The Morgan fingerprint density at radius 3 is 2.67 bits per heavy atom. The lowest BCUT2D eigenvalue weighted by Gasteiger charge is -2.02. The van der Waals surface area contributed by atoms with Crippen molar-refractivity contribution < 1.29 is 9.63 Å². The largest absolute Gasteiger partial charge is 0.437 e. The first-order valence-corrected chi connectivity index (χ1v) is 4.79. The molecule has 1 rings (SSSR count). The topological polar surface area (TPSA) is 50.7 Å². The Kier molecular flexibility index (Phi) is 4.34. The molecule has 15 heavy (non-hydrogen) atoms. The maximum Gasteiger partial charge on any atom is 0.437 e. The van der Waals surface area contributed by atoms with Gasteiger partial charge in [-0.05, 0) is 25.5 Å². The van der Waals surface area contributed by atoms with E-state index in [1.54, 1.807) is 19.1 Å². The molecule has 0 bridgehead atoms. The molecule has 0 spiro atoms. The summed E-state index contributed by atoms with van der Waals surface area (Å²) in [5.41, 5.74) is 1.46. The number of hydrogen-bond acceptors (Lipinski definition) is 3. The second-order valence-electron chi connectivity index (χ2n) is 3.05. The zero-order valence-electron chi connectivity index (χ0n) is 8.86. The fourth-order valence-corrected chi connectivity index (χ4v) is 0.846. The molecule has 4 nitrogen and oxygen atoms in total. The summed E-state index contributed by atoms with van der Waals surface area (Å²) < 4.78 is 0.